The number of esters is 1. The lowest BCUT2D eigenvalue weighted by Gasteiger charge is -2.11. The average molecular weight is 245 g/mol. The van der Waals surface area contributed by atoms with Crippen molar-refractivity contribution >= 4 is 23.5 Å². The van der Waals surface area contributed by atoms with Crippen molar-refractivity contribution in [3.05, 3.63) is 23.0 Å². The van der Waals surface area contributed by atoms with Crippen LogP contribution in [0.25, 0.3) is 0 Å². The predicted molar refractivity (Wildman–Crippen MR) is 59.4 cm³/mol. The minimum atomic E-state index is -0.686. The molecule has 16 heavy (non-hydrogen) atoms. The Balaban J connectivity index is 2.54. The standard InChI is InChI=1S/C10H13ClN2O3/c1-3-16-10(15)6(2)13-9(14)8-4-7(11)5-12-8/h4-6,12H,3H2,1-2H3,(H,13,14). The number of aromatic amines is 1. The lowest BCUT2D eigenvalue weighted by atomic mass is 10.3. The summed E-state index contributed by atoms with van der Waals surface area (Å²) in [6.07, 6.45) is 1.49. The Morgan fingerprint density at radius 1 is 1.62 bits per heavy atom. The number of hydrogen-bond acceptors (Lipinski definition) is 3. The monoisotopic (exact) mass is 244 g/mol. The van der Waals surface area contributed by atoms with Crippen LogP contribution in [0.5, 0.6) is 0 Å². The van der Waals surface area contributed by atoms with Gasteiger partial charge in [-0.15, -0.1) is 0 Å². The Morgan fingerprint density at radius 2 is 2.31 bits per heavy atom. The minimum absolute atomic E-state index is 0.285. The van der Waals surface area contributed by atoms with E-state index in [0.29, 0.717) is 10.7 Å². The molecule has 2 N–H and O–H groups in total. The van der Waals surface area contributed by atoms with Crippen LogP contribution in [0, 0.1) is 0 Å². The van der Waals surface area contributed by atoms with Crippen LogP contribution in [0.2, 0.25) is 5.02 Å². The molecule has 0 aliphatic heterocycles. The first-order valence-electron chi connectivity index (χ1n) is 4.86. The maximum atomic E-state index is 11.6. The van der Waals surface area contributed by atoms with E-state index in [1.165, 1.54) is 12.3 Å². The molecule has 1 amide bonds. The van der Waals surface area contributed by atoms with E-state index < -0.39 is 17.9 Å². The highest BCUT2D eigenvalue weighted by Gasteiger charge is 2.18. The first-order valence-corrected chi connectivity index (χ1v) is 5.23. The second-order valence-electron chi connectivity index (χ2n) is 3.18. The molecule has 1 rings (SSSR count). The molecule has 1 heterocycles. The van der Waals surface area contributed by atoms with E-state index in [9.17, 15) is 9.59 Å². The van der Waals surface area contributed by atoms with Crippen LogP contribution >= 0.6 is 11.6 Å². The first kappa shape index (κ1) is 12.6. The second-order valence-corrected chi connectivity index (χ2v) is 3.62. The Kier molecular flexibility index (Phi) is 4.37. The van der Waals surface area contributed by atoms with Gasteiger partial charge in [0.15, 0.2) is 0 Å². The third-order valence-corrected chi connectivity index (χ3v) is 2.10. The fourth-order valence-corrected chi connectivity index (χ4v) is 1.26. The normalized spacial score (nSPS) is 11.9. The lowest BCUT2D eigenvalue weighted by Crippen LogP contribution is -2.39. The molecule has 0 fully saturated rings. The molecule has 0 aliphatic carbocycles. The van der Waals surface area contributed by atoms with Crippen LogP contribution in [0.1, 0.15) is 24.3 Å². The number of carbonyl (C=O) groups is 2. The maximum Gasteiger partial charge on any atom is 0.328 e. The van der Waals surface area contributed by atoms with Crippen molar-refractivity contribution in [3.8, 4) is 0 Å². The van der Waals surface area contributed by atoms with Gasteiger partial charge in [0.05, 0.1) is 11.6 Å². The largest absolute Gasteiger partial charge is 0.464 e. The highest BCUT2D eigenvalue weighted by molar-refractivity contribution is 6.30. The van der Waals surface area contributed by atoms with Gasteiger partial charge < -0.3 is 15.0 Å². The third-order valence-electron chi connectivity index (χ3n) is 1.88. The first-order chi connectivity index (χ1) is 7.54. The van der Waals surface area contributed by atoms with Crippen LogP contribution in [-0.4, -0.2) is 29.5 Å². The van der Waals surface area contributed by atoms with E-state index in [-0.39, 0.29) is 6.61 Å². The van der Waals surface area contributed by atoms with Gasteiger partial charge in [0, 0.05) is 6.20 Å². The molecule has 0 aliphatic rings. The minimum Gasteiger partial charge on any atom is -0.464 e. The molecule has 0 radical (unpaired) electrons. The van der Waals surface area contributed by atoms with E-state index in [4.69, 9.17) is 16.3 Å². The topological polar surface area (TPSA) is 71.2 Å². The van der Waals surface area contributed by atoms with E-state index in [2.05, 4.69) is 10.3 Å². The predicted octanol–water partition coefficient (Wildman–Crippen LogP) is 1.35. The van der Waals surface area contributed by atoms with Crippen LogP contribution in [0.15, 0.2) is 12.3 Å². The van der Waals surface area contributed by atoms with Crippen LogP contribution in [0.4, 0.5) is 0 Å². The summed E-state index contributed by atoms with van der Waals surface area (Å²) in [6, 6.07) is 0.795. The average Bonchev–Trinajstić information content (AvgIpc) is 2.65. The molecule has 1 aromatic rings. The number of amides is 1. The summed E-state index contributed by atoms with van der Waals surface area (Å²) in [7, 11) is 0. The van der Waals surface area contributed by atoms with E-state index >= 15 is 0 Å². The van der Waals surface area contributed by atoms with Crippen LogP contribution in [0.3, 0.4) is 0 Å². The SMILES string of the molecule is CCOC(=O)C(C)NC(=O)c1cc(Cl)c[nH]1. The van der Waals surface area contributed by atoms with Crippen molar-refractivity contribution < 1.29 is 14.3 Å². The number of nitrogens with one attached hydrogen (secondary N) is 2. The van der Waals surface area contributed by atoms with Gasteiger partial charge in [-0.3, -0.25) is 4.79 Å². The van der Waals surface area contributed by atoms with Gasteiger partial charge in [-0.25, -0.2) is 4.79 Å². The summed E-state index contributed by atoms with van der Waals surface area (Å²) in [4.78, 5) is 25.5. The molecule has 1 aromatic heterocycles. The summed E-state index contributed by atoms with van der Waals surface area (Å²) < 4.78 is 4.76. The number of H-pyrrole nitrogens is 1. The highest BCUT2D eigenvalue weighted by atomic mass is 35.5. The molecule has 0 saturated heterocycles. The molecule has 0 bridgehead atoms. The summed E-state index contributed by atoms with van der Waals surface area (Å²) >= 11 is 5.65. The lowest BCUT2D eigenvalue weighted by molar-refractivity contribution is -0.144. The van der Waals surface area contributed by atoms with Gasteiger partial charge in [-0.2, -0.15) is 0 Å². The van der Waals surface area contributed by atoms with Gasteiger partial charge >= 0.3 is 5.97 Å². The zero-order valence-corrected chi connectivity index (χ0v) is 9.80. The van der Waals surface area contributed by atoms with Crippen LogP contribution < -0.4 is 5.32 Å². The molecule has 0 saturated carbocycles. The molecule has 1 atom stereocenters. The van der Waals surface area contributed by atoms with Crippen molar-refractivity contribution in [2.75, 3.05) is 6.61 Å². The number of rotatable bonds is 4. The zero-order chi connectivity index (χ0) is 12.1. The number of halogens is 1. The Bertz CT molecular complexity index is 389. The fourth-order valence-electron chi connectivity index (χ4n) is 1.10. The van der Waals surface area contributed by atoms with Crippen molar-refractivity contribution in [2.24, 2.45) is 0 Å². The van der Waals surface area contributed by atoms with Crippen molar-refractivity contribution in [2.45, 2.75) is 19.9 Å². The summed E-state index contributed by atoms with van der Waals surface area (Å²) in [5.74, 6) is -0.860. The van der Waals surface area contributed by atoms with Gasteiger partial charge in [-0.1, -0.05) is 11.6 Å². The van der Waals surface area contributed by atoms with E-state index in [1.54, 1.807) is 13.8 Å². The van der Waals surface area contributed by atoms with Gasteiger partial charge in [0.25, 0.3) is 5.91 Å². The third kappa shape index (κ3) is 3.27. The highest BCUT2D eigenvalue weighted by Crippen LogP contribution is 2.09. The molecule has 5 nitrogen and oxygen atoms in total. The van der Waals surface area contributed by atoms with Gasteiger partial charge in [0.1, 0.15) is 11.7 Å². The number of carbonyl (C=O) groups excluding carboxylic acids is 2. The van der Waals surface area contributed by atoms with E-state index in [0.717, 1.165) is 0 Å². The zero-order valence-electron chi connectivity index (χ0n) is 9.04. The fraction of sp³-hybridized carbons (Fsp3) is 0.400. The summed E-state index contributed by atoms with van der Waals surface area (Å²) in [5.41, 5.74) is 0.307. The van der Waals surface area contributed by atoms with Gasteiger partial charge in [-0.05, 0) is 19.9 Å². The van der Waals surface area contributed by atoms with Gasteiger partial charge in [0.2, 0.25) is 0 Å². The Hall–Kier alpha value is -1.49. The molecule has 0 spiro atoms. The summed E-state index contributed by atoms with van der Waals surface area (Å²) in [5, 5.41) is 2.93. The van der Waals surface area contributed by atoms with E-state index in [1.807, 2.05) is 0 Å². The molecule has 6 heteroatoms. The number of hydrogen-bond donors (Lipinski definition) is 2. The quantitative estimate of drug-likeness (QED) is 0.786. The molecule has 1 unspecified atom stereocenters. The molecule has 88 valence electrons. The number of ether oxygens (including phenoxy) is 1. The van der Waals surface area contributed by atoms with Crippen molar-refractivity contribution in [1.29, 1.82) is 0 Å². The van der Waals surface area contributed by atoms with Crippen molar-refractivity contribution in [3.63, 3.8) is 0 Å². The smallest absolute Gasteiger partial charge is 0.328 e. The Morgan fingerprint density at radius 3 is 2.81 bits per heavy atom. The maximum absolute atomic E-state index is 11.6. The Labute approximate surface area is 98.1 Å². The molecule has 0 aromatic carbocycles. The second kappa shape index (κ2) is 5.55. The molecular formula is C10H13ClN2O3. The van der Waals surface area contributed by atoms with Crippen molar-refractivity contribution in [1.82, 2.24) is 10.3 Å². The van der Waals surface area contributed by atoms with Crippen LogP contribution in [-0.2, 0) is 9.53 Å². The molecular weight excluding hydrogens is 232 g/mol. The summed E-state index contributed by atoms with van der Waals surface area (Å²) in [6.45, 7) is 3.55. The number of aromatic nitrogens is 1.